The Balaban J connectivity index is 1.90. The molecule has 0 atom stereocenters. The van der Waals surface area contributed by atoms with Crippen LogP contribution in [-0.2, 0) is 24.3 Å². The van der Waals surface area contributed by atoms with Crippen molar-refractivity contribution < 1.29 is 9.13 Å². The van der Waals surface area contributed by atoms with Gasteiger partial charge in [-0.1, -0.05) is 36.4 Å². The Morgan fingerprint density at radius 2 is 1.80 bits per heavy atom. The molecular formula is C20H26FN3O. The second-order valence-electron chi connectivity index (χ2n) is 5.75. The Kier molecular flexibility index (Phi) is 7.92. The van der Waals surface area contributed by atoms with Crippen molar-refractivity contribution in [2.75, 3.05) is 20.2 Å². The van der Waals surface area contributed by atoms with Gasteiger partial charge in [0.05, 0.1) is 13.2 Å². The first-order chi connectivity index (χ1) is 12.2. The van der Waals surface area contributed by atoms with Crippen molar-refractivity contribution in [3.63, 3.8) is 0 Å². The van der Waals surface area contributed by atoms with Crippen LogP contribution in [0.2, 0.25) is 0 Å². The van der Waals surface area contributed by atoms with Gasteiger partial charge in [0.15, 0.2) is 5.96 Å². The molecule has 0 amide bonds. The molecule has 0 radical (unpaired) electrons. The van der Waals surface area contributed by atoms with E-state index in [1.165, 1.54) is 6.07 Å². The number of methoxy groups -OCH3 is 1. The summed E-state index contributed by atoms with van der Waals surface area (Å²) in [5.74, 6) is 0.560. The van der Waals surface area contributed by atoms with Gasteiger partial charge in [-0.05, 0) is 42.2 Å². The van der Waals surface area contributed by atoms with Gasteiger partial charge in [0.25, 0.3) is 0 Å². The number of guanidine groups is 1. The first-order valence-electron chi connectivity index (χ1n) is 8.54. The summed E-state index contributed by atoms with van der Waals surface area (Å²) in [6, 6.07) is 14.9. The number of halogens is 1. The van der Waals surface area contributed by atoms with Gasteiger partial charge in [-0.3, -0.25) is 0 Å². The van der Waals surface area contributed by atoms with E-state index in [9.17, 15) is 4.39 Å². The van der Waals surface area contributed by atoms with Gasteiger partial charge in [0.2, 0.25) is 0 Å². The molecule has 0 bridgehead atoms. The molecule has 0 aliphatic rings. The average Bonchev–Trinajstić information content (AvgIpc) is 2.60. The third-order valence-corrected chi connectivity index (χ3v) is 3.66. The molecule has 0 spiro atoms. The second-order valence-corrected chi connectivity index (χ2v) is 5.75. The second kappa shape index (κ2) is 10.5. The van der Waals surface area contributed by atoms with E-state index in [1.54, 1.807) is 19.2 Å². The Hall–Kier alpha value is -2.40. The van der Waals surface area contributed by atoms with E-state index in [0.29, 0.717) is 19.7 Å². The Morgan fingerprint density at radius 3 is 2.56 bits per heavy atom. The molecule has 0 heterocycles. The lowest BCUT2D eigenvalue weighted by atomic mass is 10.1. The van der Waals surface area contributed by atoms with E-state index >= 15 is 0 Å². The summed E-state index contributed by atoms with van der Waals surface area (Å²) in [6.07, 6.45) is 0.742. The zero-order chi connectivity index (χ0) is 17.9. The third-order valence-electron chi connectivity index (χ3n) is 3.66. The van der Waals surface area contributed by atoms with Gasteiger partial charge in [0, 0.05) is 20.2 Å². The molecule has 5 heteroatoms. The minimum atomic E-state index is -0.200. The van der Waals surface area contributed by atoms with Crippen molar-refractivity contribution in [1.29, 1.82) is 0 Å². The standard InChI is InChI=1S/C20H26FN3O/c1-3-22-20(23-11-10-16-6-5-9-19(21)13-16)24-14-17-7-4-8-18(12-17)15-25-2/h4-9,12-13H,3,10-11,14-15H2,1-2H3,(H2,22,23,24). The summed E-state index contributed by atoms with van der Waals surface area (Å²) in [5.41, 5.74) is 3.24. The average molecular weight is 343 g/mol. The van der Waals surface area contributed by atoms with E-state index < -0.39 is 0 Å². The lowest BCUT2D eigenvalue weighted by Crippen LogP contribution is -2.38. The molecule has 2 rings (SSSR count). The predicted molar refractivity (Wildman–Crippen MR) is 100 cm³/mol. The van der Waals surface area contributed by atoms with E-state index in [0.717, 1.165) is 35.6 Å². The largest absolute Gasteiger partial charge is 0.380 e. The molecule has 0 aliphatic carbocycles. The summed E-state index contributed by atoms with van der Waals surface area (Å²) in [4.78, 5) is 4.61. The molecule has 2 aromatic carbocycles. The summed E-state index contributed by atoms with van der Waals surface area (Å²) < 4.78 is 18.4. The maximum Gasteiger partial charge on any atom is 0.191 e. The van der Waals surface area contributed by atoms with Crippen LogP contribution < -0.4 is 10.6 Å². The Morgan fingerprint density at radius 1 is 1.04 bits per heavy atom. The van der Waals surface area contributed by atoms with Crippen molar-refractivity contribution in [1.82, 2.24) is 10.6 Å². The van der Waals surface area contributed by atoms with E-state index in [4.69, 9.17) is 4.74 Å². The highest BCUT2D eigenvalue weighted by molar-refractivity contribution is 5.79. The van der Waals surface area contributed by atoms with Gasteiger partial charge in [-0.2, -0.15) is 0 Å². The fraction of sp³-hybridized carbons (Fsp3) is 0.350. The van der Waals surface area contributed by atoms with Crippen LogP contribution >= 0.6 is 0 Å². The van der Waals surface area contributed by atoms with Gasteiger partial charge in [-0.15, -0.1) is 0 Å². The van der Waals surface area contributed by atoms with Crippen molar-refractivity contribution >= 4 is 5.96 Å². The molecule has 0 aromatic heterocycles. The number of benzene rings is 2. The summed E-state index contributed by atoms with van der Waals surface area (Å²) >= 11 is 0. The number of nitrogens with zero attached hydrogens (tertiary/aromatic N) is 1. The highest BCUT2D eigenvalue weighted by Crippen LogP contribution is 2.07. The van der Waals surface area contributed by atoms with Crippen LogP contribution in [0.25, 0.3) is 0 Å². The summed E-state index contributed by atoms with van der Waals surface area (Å²) in [7, 11) is 1.69. The molecule has 25 heavy (non-hydrogen) atoms. The topological polar surface area (TPSA) is 45.7 Å². The van der Waals surface area contributed by atoms with Crippen LogP contribution in [0, 0.1) is 5.82 Å². The van der Waals surface area contributed by atoms with Crippen LogP contribution in [-0.4, -0.2) is 26.2 Å². The minimum absolute atomic E-state index is 0.200. The Bertz CT molecular complexity index is 688. The molecule has 134 valence electrons. The van der Waals surface area contributed by atoms with Crippen molar-refractivity contribution in [2.24, 2.45) is 4.99 Å². The van der Waals surface area contributed by atoms with E-state index in [-0.39, 0.29) is 5.82 Å². The quantitative estimate of drug-likeness (QED) is 0.571. The fourth-order valence-electron chi connectivity index (χ4n) is 2.51. The first kappa shape index (κ1) is 18.9. The highest BCUT2D eigenvalue weighted by atomic mass is 19.1. The summed E-state index contributed by atoms with van der Waals surface area (Å²) in [6.45, 7) is 4.70. The van der Waals surface area contributed by atoms with Crippen molar-refractivity contribution in [3.8, 4) is 0 Å². The fourth-order valence-corrected chi connectivity index (χ4v) is 2.51. The molecule has 0 saturated carbocycles. The molecule has 2 aromatic rings. The van der Waals surface area contributed by atoms with Gasteiger partial charge in [-0.25, -0.2) is 9.38 Å². The number of ether oxygens (including phenoxy) is 1. The number of hydrogen-bond donors (Lipinski definition) is 2. The van der Waals surface area contributed by atoms with Crippen LogP contribution in [0.1, 0.15) is 23.6 Å². The first-order valence-corrected chi connectivity index (χ1v) is 8.54. The molecule has 4 nitrogen and oxygen atoms in total. The summed E-state index contributed by atoms with van der Waals surface area (Å²) in [5, 5.41) is 6.52. The molecule has 0 saturated heterocycles. The number of nitrogens with one attached hydrogen (secondary N) is 2. The maximum absolute atomic E-state index is 13.2. The smallest absolute Gasteiger partial charge is 0.191 e. The van der Waals surface area contributed by atoms with Crippen LogP contribution in [0.4, 0.5) is 4.39 Å². The van der Waals surface area contributed by atoms with Crippen LogP contribution in [0.5, 0.6) is 0 Å². The Labute approximate surface area is 149 Å². The third kappa shape index (κ3) is 6.93. The van der Waals surface area contributed by atoms with E-state index in [2.05, 4.69) is 27.8 Å². The zero-order valence-corrected chi connectivity index (χ0v) is 14.9. The molecular weight excluding hydrogens is 317 g/mol. The van der Waals surface area contributed by atoms with Gasteiger partial charge < -0.3 is 15.4 Å². The number of rotatable bonds is 8. The SMILES string of the molecule is CCNC(=NCc1cccc(COC)c1)NCCc1cccc(F)c1. The highest BCUT2D eigenvalue weighted by Gasteiger charge is 2.00. The lowest BCUT2D eigenvalue weighted by Gasteiger charge is -2.11. The molecule has 2 N–H and O–H groups in total. The van der Waals surface area contributed by atoms with Gasteiger partial charge in [0.1, 0.15) is 5.82 Å². The molecule has 0 aliphatic heterocycles. The molecule has 0 unspecified atom stereocenters. The predicted octanol–water partition coefficient (Wildman–Crippen LogP) is 3.27. The van der Waals surface area contributed by atoms with Crippen molar-refractivity contribution in [2.45, 2.75) is 26.5 Å². The number of hydrogen-bond acceptors (Lipinski definition) is 2. The lowest BCUT2D eigenvalue weighted by molar-refractivity contribution is 0.185. The van der Waals surface area contributed by atoms with E-state index in [1.807, 2.05) is 25.1 Å². The monoisotopic (exact) mass is 343 g/mol. The van der Waals surface area contributed by atoms with Crippen molar-refractivity contribution in [3.05, 3.63) is 71.0 Å². The number of aliphatic imine (C=N–C) groups is 1. The maximum atomic E-state index is 13.2. The minimum Gasteiger partial charge on any atom is -0.380 e. The normalized spacial score (nSPS) is 11.4. The molecule has 0 fully saturated rings. The van der Waals surface area contributed by atoms with Gasteiger partial charge >= 0.3 is 0 Å². The van der Waals surface area contributed by atoms with Crippen LogP contribution in [0.15, 0.2) is 53.5 Å². The van der Waals surface area contributed by atoms with Crippen LogP contribution in [0.3, 0.4) is 0 Å². The zero-order valence-electron chi connectivity index (χ0n) is 14.9.